The molecule has 58 heavy (non-hydrogen) atoms. The molecule has 4 aromatic heterocycles. The predicted octanol–water partition coefficient (Wildman–Crippen LogP) is 8.65. The number of aromatic hydroxyl groups is 1. The van der Waals surface area contributed by atoms with Gasteiger partial charge in [0.2, 0.25) is 0 Å². The van der Waals surface area contributed by atoms with E-state index in [1.54, 1.807) is 108 Å². The summed E-state index contributed by atoms with van der Waals surface area (Å²) < 4.78 is 3.02. The molecule has 0 spiro atoms. The van der Waals surface area contributed by atoms with Gasteiger partial charge in [-0.05, 0) is 78.4 Å². The molecule has 1 N–H and O–H groups in total. The van der Waals surface area contributed by atoms with Gasteiger partial charge in [-0.2, -0.15) is 15.8 Å². The Morgan fingerprint density at radius 3 is 1.47 bits per heavy atom. The van der Waals surface area contributed by atoms with Crippen LogP contribution in [0, 0.1) is 34.0 Å². The molecule has 0 fully saturated rings. The minimum Gasteiger partial charge on any atom is -0.508 e. The number of nitrogens with zero attached hydrogens (tertiary/aromatic N) is 7. The third-order valence-electron chi connectivity index (χ3n) is 9.21. The van der Waals surface area contributed by atoms with Crippen LogP contribution in [0.2, 0.25) is 0 Å². The average molecular weight is 754 g/mol. The Hall–Kier alpha value is -8.65. The summed E-state index contributed by atoms with van der Waals surface area (Å²) in [5, 5.41) is 37.9. The molecule has 0 radical (unpaired) electrons. The molecule has 8 rings (SSSR count). The van der Waals surface area contributed by atoms with Crippen molar-refractivity contribution in [2.75, 3.05) is 0 Å². The fourth-order valence-corrected chi connectivity index (χ4v) is 6.46. The zero-order valence-electron chi connectivity index (χ0n) is 30.8. The number of aromatic nitrogens is 4. The number of pyridine rings is 4. The lowest BCUT2D eigenvalue weighted by Gasteiger charge is -2.13. The van der Waals surface area contributed by atoms with Crippen LogP contribution in [0.3, 0.4) is 0 Å². The van der Waals surface area contributed by atoms with E-state index in [2.05, 4.69) is 28.2 Å². The summed E-state index contributed by atoms with van der Waals surface area (Å²) in [4.78, 5) is 35.5. The molecule has 0 atom stereocenters. The second kappa shape index (κ2) is 17.2. The van der Waals surface area contributed by atoms with Crippen LogP contribution in [0.4, 0.5) is 0 Å². The van der Waals surface area contributed by atoms with Crippen LogP contribution in [-0.2, 0) is 6.42 Å². The fourth-order valence-electron chi connectivity index (χ4n) is 6.46. The molecule has 0 bridgehead atoms. The van der Waals surface area contributed by atoms with Crippen LogP contribution < -0.4 is 11.1 Å². The second-order valence-electron chi connectivity index (χ2n) is 12.9. The summed E-state index contributed by atoms with van der Waals surface area (Å²) in [6.07, 6.45) is 7.07. The summed E-state index contributed by atoms with van der Waals surface area (Å²) in [6, 6.07) is 48.9. The van der Waals surface area contributed by atoms with E-state index in [1.165, 1.54) is 10.6 Å². The standard InChI is InChI=1S/C25H16N4O.C23H15N3O2/c26-12-11-18-6-5-8-21(14-18)29-17-20(24-10-3-4-13-28-24)15-23(25(29)30)22-9-2-1-7-19(22)16-27;24-14-16-6-1-2-9-20(16)21-12-17(22-10-3-4-11-25-22)15-26(23(21)28)18-7-5-8-19(27)13-18/h1-10,13-15,17H,11H2;1-13,15,27H. The zero-order chi connectivity index (χ0) is 40.4. The fraction of sp³-hybridized carbons (Fsp3) is 0.0208. The molecular weight excluding hydrogens is 723 g/mol. The van der Waals surface area contributed by atoms with E-state index in [0.29, 0.717) is 50.4 Å². The van der Waals surface area contributed by atoms with Gasteiger partial charge in [0.1, 0.15) is 5.75 Å². The van der Waals surface area contributed by atoms with Crippen LogP contribution in [-0.4, -0.2) is 24.2 Å². The van der Waals surface area contributed by atoms with Crippen molar-refractivity contribution in [3.63, 3.8) is 0 Å². The number of phenolic OH excluding ortho intramolecular Hbond substituents is 1. The highest BCUT2D eigenvalue weighted by atomic mass is 16.3. The normalized spacial score (nSPS) is 10.3. The highest BCUT2D eigenvalue weighted by Crippen LogP contribution is 2.28. The van der Waals surface area contributed by atoms with Crippen molar-refractivity contribution >= 4 is 0 Å². The van der Waals surface area contributed by atoms with Gasteiger partial charge in [0.05, 0.1) is 52.8 Å². The number of hydrogen-bond acceptors (Lipinski definition) is 8. The summed E-state index contributed by atoms with van der Waals surface area (Å²) in [5.74, 6) is 0.0617. The van der Waals surface area contributed by atoms with E-state index in [-0.39, 0.29) is 23.3 Å². The van der Waals surface area contributed by atoms with Gasteiger partial charge >= 0.3 is 0 Å². The van der Waals surface area contributed by atoms with Crippen molar-refractivity contribution in [1.29, 1.82) is 15.8 Å². The van der Waals surface area contributed by atoms with E-state index in [9.17, 15) is 25.2 Å². The molecule has 10 nitrogen and oxygen atoms in total. The van der Waals surface area contributed by atoms with Gasteiger partial charge in [-0.1, -0.05) is 66.7 Å². The first-order valence-electron chi connectivity index (χ1n) is 18.0. The van der Waals surface area contributed by atoms with E-state index in [0.717, 1.165) is 22.4 Å². The van der Waals surface area contributed by atoms with Crippen molar-refractivity contribution in [3.05, 3.63) is 208 Å². The number of phenols is 1. The molecule has 0 saturated heterocycles. The first-order chi connectivity index (χ1) is 28.4. The highest BCUT2D eigenvalue weighted by Gasteiger charge is 2.17. The number of benzene rings is 4. The van der Waals surface area contributed by atoms with Gasteiger partial charge in [0.25, 0.3) is 11.1 Å². The molecule has 8 aromatic rings. The number of hydrogen-bond donors (Lipinski definition) is 1. The summed E-state index contributed by atoms with van der Waals surface area (Å²) in [7, 11) is 0. The van der Waals surface area contributed by atoms with Crippen molar-refractivity contribution in [2.45, 2.75) is 6.42 Å². The van der Waals surface area contributed by atoms with Crippen LogP contribution >= 0.6 is 0 Å². The second-order valence-corrected chi connectivity index (χ2v) is 12.9. The Labute approximate surface area is 333 Å². The molecule has 0 saturated carbocycles. The molecule has 10 heteroatoms. The third-order valence-corrected chi connectivity index (χ3v) is 9.21. The van der Waals surface area contributed by atoms with E-state index in [4.69, 9.17) is 5.26 Å². The lowest BCUT2D eigenvalue weighted by atomic mass is 9.99. The van der Waals surface area contributed by atoms with Crippen LogP contribution in [0.1, 0.15) is 16.7 Å². The molecular formula is C48H31N7O3. The van der Waals surface area contributed by atoms with E-state index < -0.39 is 0 Å². The highest BCUT2D eigenvalue weighted by molar-refractivity contribution is 5.76. The zero-order valence-corrected chi connectivity index (χ0v) is 30.8. The third kappa shape index (κ3) is 8.06. The molecule has 4 heterocycles. The first-order valence-corrected chi connectivity index (χ1v) is 18.0. The quantitative estimate of drug-likeness (QED) is 0.169. The lowest BCUT2D eigenvalue weighted by molar-refractivity contribution is 0.475. The largest absolute Gasteiger partial charge is 0.508 e. The predicted molar refractivity (Wildman–Crippen MR) is 222 cm³/mol. The maximum Gasteiger partial charge on any atom is 0.263 e. The van der Waals surface area contributed by atoms with Crippen molar-refractivity contribution in [3.8, 4) is 80.1 Å². The van der Waals surface area contributed by atoms with Gasteiger partial charge in [-0.15, -0.1) is 0 Å². The Morgan fingerprint density at radius 2 is 1.00 bits per heavy atom. The van der Waals surface area contributed by atoms with Crippen molar-refractivity contribution < 1.29 is 5.11 Å². The van der Waals surface area contributed by atoms with Crippen molar-refractivity contribution in [1.82, 2.24) is 19.1 Å². The molecule has 0 aliphatic rings. The minimum atomic E-state index is -0.284. The van der Waals surface area contributed by atoms with Gasteiger partial charge in [-0.3, -0.25) is 28.7 Å². The molecule has 0 amide bonds. The SMILES string of the molecule is N#CCc1cccc(-n2cc(-c3ccccn3)cc(-c3ccccc3C#N)c2=O)c1.N#Cc1ccccc1-c1cc(-c2ccccn2)cn(-c2cccc(O)c2)c1=O. The topological polar surface area (TPSA) is 161 Å². The minimum absolute atomic E-state index is 0.0617. The van der Waals surface area contributed by atoms with Gasteiger partial charge in [0.15, 0.2) is 0 Å². The monoisotopic (exact) mass is 753 g/mol. The number of nitriles is 3. The smallest absolute Gasteiger partial charge is 0.263 e. The maximum atomic E-state index is 13.5. The van der Waals surface area contributed by atoms with E-state index in [1.807, 2.05) is 60.7 Å². The number of rotatable bonds is 7. The Balaban J connectivity index is 0.000000177. The Kier molecular flexibility index (Phi) is 11.2. The maximum absolute atomic E-state index is 13.5. The molecule has 0 aliphatic carbocycles. The average Bonchev–Trinajstić information content (AvgIpc) is 3.27. The van der Waals surface area contributed by atoms with Crippen LogP contribution in [0.25, 0.3) is 56.1 Å². The summed E-state index contributed by atoms with van der Waals surface area (Å²) >= 11 is 0. The van der Waals surface area contributed by atoms with Crippen LogP contribution in [0.5, 0.6) is 5.75 Å². The van der Waals surface area contributed by atoms with Gasteiger partial charge < -0.3 is 5.11 Å². The van der Waals surface area contributed by atoms with E-state index >= 15 is 0 Å². The van der Waals surface area contributed by atoms with Crippen LogP contribution in [0.15, 0.2) is 180 Å². The molecule has 0 unspecified atom stereocenters. The molecule has 276 valence electrons. The summed E-state index contributed by atoms with van der Waals surface area (Å²) in [6.45, 7) is 0. The van der Waals surface area contributed by atoms with Gasteiger partial charge in [0, 0.05) is 69.9 Å². The van der Waals surface area contributed by atoms with Crippen molar-refractivity contribution in [2.24, 2.45) is 0 Å². The molecule has 4 aromatic carbocycles. The lowest BCUT2D eigenvalue weighted by Crippen LogP contribution is -2.20. The summed E-state index contributed by atoms with van der Waals surface area (Å²) in [5.41, 5.74) is 7.16. The van der Waals surface area contributed by atoms with Gasteiger partial charge in [-0.25, -0.2) is 0 Å². The Morgan fingerprint density at radius 1 is 0.517 bits per heavy atom. The molecule has 0 aliphatic heterocycles. The Bertz CT molecular complexity index is 3030. The first kappa shape index (κ1) is 37.7.